The second-order valence-corrected chi connectivity index (χ2v) is 5.83. The fourth-order valence-electron chi connectivity index (χ4n) is 2.48. The van der Waals surface area contributed by atoms with Gasteiger partial charge in [0.15, 0.2) is 6.61 Å². The summed E-state index contributed by atoms with van der Waals surface area (Å²) < 4.78 is 49.8. The van der Waals surface area contributed by atoms with Gasteiger partial charge in [-0.2, -0.15) is 23.3 Å². The highest BCUT2D eigenvalue weighted by molar-refractivity contribution is 5.57. The quantitative estimate of drug-likeness (QED) is 0.643. The summed E-state index contributed by atoms with van der Waals surface area (Å²) >= 11 is 0. The Labute approximate surface area is 158 Å². The number of aromatic nitrogens is 4. The molecule has 0 fully saturated rings. The molecule has 0 amide bonds. The Morgan fingerprint density at radius 1 is 1.14 bits per heavy atom. The van der Waals surface area contributed by atoms with Gasteiger partial charge in [0.05, 0.1) is 24.2 Å². The molecule has 0 spiro atoms. The van der Waals surface area contributed by atoms with Crippen LogP contribution in [0.2, 0.25) is 0 Å². The Morgan fingerprint density at radius 2 is 1.86 bits per heavy atom. The number of hydrogen-bond donors (Lipinski definition) is 0. The van der Waals surface area contributed by atoms with Gasteiger partial charge in [0.2, 0.25) is 0 Å². The third-order valence-corrected chi connectivity index (χ3v) is 3.66. The van der Waals surface area contributed by atoms with Gasteiger partial charge in [0, 0.05) is 24.9 Å². The predicted molar refractivity (Wildman–Crippen MR) is 94.8 cm³/mol. The van der Waals surface area contributed by atoms with Gasteiger partial charge in [0.1, 0.15) is 5.75 Å². The van der Waals surface area contributed by atoms with Crippen molar-refractivity contribution in [3.8, 4) is 28.7 Å². The summed E-state index contributed by atoms with van der Waals surface area (Å²) in [6.45, 7) is 0.634. The van der Waals surface area contributed by atoms with Gasteiger partial charge in [-0.05, 0) is 31.2 Å². The lowest BCUT2D eigenvalue weighted by Gasteiger charge is -2.14. The molecule has 0 saturated carbocycles. The molecule has 0 radical (unpaired) electrons. The Bertz CT molecular complexity index is 1010. The molecule has 10 heteroatoms. The summed E-state index contributed by atoms with van der Waals surface area (Å²) in [6.07, 6.45) is -1.13. The SMILES string of the molecule is CCOc1nc(-c2cnn(C)c2)cc(=O)n1-c1ccc(OCC(F)(F)F)cc1. The maximum atomic E-state index is 12.7. The smallest absolute Gasteiger partial charge is 0.422 e. The number of halogens is 3. The fourth-order valence-corrected chi connectivity index (χ4v) is 2.48. The molecule has 28 heavy (non-hydrogen) atoms. The van der Waals surface area contributed by atoms with Crippen LogP contribution in [-0.4, -0.2) is 38.7 Å². The zero-order valence-electron chi connectivity index (χ0n) is 15.1. The minimum Gasteiger partial charge on any atom is -0.484 e. The molecule has 2 heterocycles. The summed E-state index contributed by atoms with van der Waals surface area (Å²) in [4.78, 5) is 17.1. The summed E-state index contributed by atoms with van der Waals surface area (Å²) in [6, 6.07) is 7.02. The molecule has 1 aromatic carbocycles. The number of hydrogen-bond acceptors (Lipinski definition) is 5. The Balaban J connectivity index is 1.95. The first-order chi connectivity index (χ1) is 13.3. The Kier molecular flexibility index (Phi) is 5.39. The molecule has 0 aliphatic carbocycles. The van der Waals surface area contributed by atoms with Crippen LogP contribution in [0, 0.1) is 0 Å². The van der Waals surface area contributed by atoms with Crippen molar-refractivity contribution < 1.29 is 22.6 Å². The third kappa shape index (κ3) is 4.51. The van der Waals surface area contributed by atoms with Crippen LogP contribution in [0.3, 0.4) is 0 Å². The van der Waals surface area contributed by atoms with Crippen molar-refractivity contribution in [3.05, 3.63) is 53.1 Å². The van der Waals surface area contributed by atoms with Crippen LogP contribution in [0.15, 0.2) is 47.5 Å². The predicted octanol–water partition coefficient (Wildman–Crippen LogP) is 2.97. The van der Waals surface area contributed by atoms with Gasteiger partial charge in [-0.1, -0.05) is 0 Å². The highest BCUT2D eigenvalue weighted by atomic mass is 19.4. The first-order valence-corrected chi connectivity index (χ1v) is 8.33. The van der Waals surface area contributed by atoms with Crippen molar-refractivity contribution in [2.45, 2.75) is 13.1 Å². The lowest BCUT2D eigenvalue weighted by molar-refractivity contribution is -0.153. The number of alkyl halides is 3. The molecule has 2 aromatic heterocycles. The minimum absolute atomic E-state index is 0.0343. The monoisotopic (exact) mass is 394 g/mol. The first kappa shape index (κ1) is 19.5. The average molecular weight is 394 g/mol. The molecule has 3 rings (SSSR count). The van der Waals surface area contributed by atoms with E-state index in [4.69, 9.17) is 4.74 Å². The van der Waals surface area contributed by atoms with E-state index in [-0.39, 0.29) is 18.4 Å². The van der Waals surface area contributed by atoms with Crippen LogP contribution in [0.1, 0.15) is 6.92 Å². The molecule has 0 aliphatic rings. The number of aryl methyl sites for hydroxylation is 1. The summed E-state index contributed by atoms with van der Waals surface area (Å²) in [7, 11) is 1.75. The van der Waals surface area contributed by atoms with Crippen LogP contribution in [0.4, 0.5) is 13.2 Å². The van der Waals surface area contributed by atoms with Gasteiger partial charge in [-0.15, -0.1) is 0 Å². The van der Waals surface area contributed by atoms with Crippen LogP contribution in [-0.2, 0) is 7.05 Å². The molecule has 0 N–H and O–H groups in total. The molecule has 0 saturated heterocycles. The molecular formula is C18H17F3N4O3. The van der Waals surface area contributed by atoms with Gasteiger partial charge < -0.3 is 9.47 Å². The fraction of sp³-hybridized carbons (Fsp3) is 0.278. The van der Waals surface area contributed by atoms with Crippen LogP contribution >= 0.6 is 0 Å². The van der Waals surface area contributed by atoms with Gasteiger partial charge >= 0.3 is 12.2 Å². The van der Waals surface area contributed by atoms with Crippen molar-refractivity contribution in [1.82, 2.24) is 19.3 Å². The molecular weight excluding hydrogens is 377 g/mol. The number of nitrogens with zero attached hydrogens (tertiary/aromatic N) is 4. The highest BCUT2D eigenvalue weighted by Crippen LogP contribution is 2.23. The zero-order valence-corrected chi connectivity index (χ0v) is 15.1. The molecule has 0 bridgehead atoms. The van der Waals surface area contributed by atoms with E-state index in [1.54, 1.807) is 31.0 Å². The lowest BCUT2D eigenvalue weighted by atomic mass is 10.2. The van der Waals surface area contributed by atoms with Gasteiger partial charge in [-0.25, -0.2) is 4.57 Å². The van der Waals surface area contributed by atoms with E-state index < -0.39 is 18.3 Å². The first-order valence-electron chi connectivity index (χ1n) is 8.33. The minimum atomic E-state index is -4.43. The molecule has 7 nitrogen and oxygen atoms in total. The van der Waals surface area contributed by atoms with E-state index in [9.17, 15) is 18.0 Å². The normalized spacial score (nSPS) is 11.5. The van der Waals surface area contributed by atoms with Crippen molar-refractivity contribution >= 4 is 0 Å². The summed E-state index contributed by atoms with van der Waals surface area (Å²) in [5, 5.41) is 4.06. The largest absolute Gasteiger partial charge is 0.484 e. The van der Waals surface area contributed by atoms with E-state index in [2.05, 4.69) is 14.8 Å². The summed E-state index contributed by atoms with van der Waals surface area (Å²) in [5.74, 6) is 0.0343. The Morgan fingerprint density at radius 3 is 2.43 bits per heavy atom. The van der Waals surface area contributed by atoms with Crippen molar-refractivity contribution in [2.75, 3.05) is 13.2 Å². The molecule has 3 aromatic rings. The Hall–Kier alpha value is -3.30. The van der Waals surface area contributed by atoms with Crippen molar-refractivity contribution in [3.63, 3.8) is 0 Å². The van der Waals surface area contributed by atoms with Gasteiger partial charge in [-0.3, -0.25) is 9.48 Å². The van der Waals surface area contributed by atoms with Crippen LogP contribution < -0.4 is 15.0 Å². The molecule has 0 atom stereocenters. The van der Waals surface area contributed by atoms with Crippen molar-refractivity contribution in [2.24, 2.45) is 7.05 Å². The summed E-state index contributed by atoms with van der Waals surface area (Å²) in [5.41, 5.74) is 1.05. The van der Waals surface area contributed by atoms with E-state index in [0.29, 0.717) is 16.9 Å². The number of ether oxygens (including phenoxy) is 2. The van der Waals surface area contributed by atoms with E-state index in [1.807, 2.05) is 0 Å². The topological polar surface area (TPSA) is 71.2 Å². The number of rotatable bonds is 6. The lowest BCUT2D eigenvalue weighted by Crippen LogP contribution is -2.22. The second-order valence-electron chi connectivity index (χ2n) is 5.83. The zero-order chi connectivity index (χ0) is 20.3. The highest BCUT2D eigenvalue weighted by Gasteiger charge is 2.28. The average Bonchev–Trinajstić information content (AvgIpc) is 3.06. The van der Waals surface area contributed by atoms with Crippen molar-refractivity contribution in [1.29, 1.82) is 0 Å². The van der Waals surface area contributed by atoms with Crippen LogP contribution in [0.25, 0.3) is 16.9 Å². The van der Waals surface area contributed by atoms with E-state index >= 15 is 0 Å². The molecule has 148 valence electrons. The maximum Gasteiger partial charge on any atom is 0.422 e. The van der Waals surface area contributed by atoms with Gasteiger partial charge in [0.25, 0.3) is 5.56 Å². The van der Waals surface area contributed by atoms with E-state index in [0.717, 1.165) is 0 Å². The molecule has 0 unspecified atom stereocenters. The third-order valence-electron chi connectivity index (χ3n) is 3.66. The maximum absolute atomic E-state index is 12.7. The standard InChI is InChI=1S/C18H17F3N4O3/c1-3-27-17-23-15(12-9-22-24(2)10-12)8-16(26)25(17)13-4-6-14(7-5-13)28-11-18(19,20)21/h4-10H,3,11H2,1-2H3. The molecule has 0 aliphatic heterocycles. The van der Waals surface area contributed by atoms with Crippen LogP contribution in [0.5, 0.6) is 11.8 Å². The second kappa shape index (κ2) is 7.75. The number of benzene rings is 1. The van der Waals surface area contributed by atoms with E-state index in [1.165, 1.54) is 34.9 Å².